The summed E-state index contributed by atoms with van der Waals surface area (Å²) in [4.78, 5) is 31.2. The third kappa shape index (κ3) is 4.22. The van der Waals surface area contributed by atoms with Crippen molar-refractivity contribution in [1.29, 1.82) is 0 Å². The van der Waals surface area contributed by atoms with Gasteiger partial charge in [0.05, 0.1) is 4.92 Å². The minimum absolute atomic E-state index is 0.0464. The number of nitrogens with zero attached hydrogens (tertiary/aromatic N) is 3. The highest BCUT2D eigenvalue weighted by Gasteiger charge is 2.24. The first-order valence-electron chi connectivity index (χ1n) is 9.09. The lowest BCUT2D eigenvalue weighted by Gasteiger charge is -2.12. The summed E-state index contributed by atoms with van der Waals surface area (Å²) in [7, 11) is 0. The number of nitrogens with one attached hydrogen (secondary N) is 3. The summed E-state index contributed by atoms with van der Waals surface area (Å²) in [6, 6.07) is 17.9. The molecule has 0 aliphatic carbocycles. The number of halogens is 1. The lowest BCUT2D eigenvalue weighted by atomic mass is 10.1. The Balaban J connectivity index is 1.61. The van der Waals surface area contributed by atoms with E-state index in [1.807, 2.05) is 36.4 Å². The van der Waals surface area contributed by atoms with Gasteiger partial charge in [0.15, 0.2) is 0 Å². The van der Waals surface area contributed by atoms with Crippen molar-refractivity contribution in [2.75, 3.05) is 10.7 Å². The molecule has 0 radical (unpaired) electrons. The van der Waals surface area contributed by atoms with Gasteiger partial charge >= 0.3 is 5.69 Å². The Morgan fingerprint density at radius 2 is 1.65 bits per heavy atom. The maximum atomic E-state index is 13.0. The van der Waals surface area contributed by atoms with E-state index >= 15 is 0 Å². The van der Waals surface area contributed by atoms with Crippen molar-refractivity contribution < 1.29 is 14.1 Å². The second-order valence-corrected chi connectivity index (χ2v) is 6.41. The summed E-state index contributed by atoms with van der Waals surface area (Å²) in [5.74, 6) is -1.36. The highest BCUT2D eigenvalue weighted by atomic mass is 19.1. The zero-order chi connectivity index (χ0) is 21.8. The second-order valence-electron chi connectivity index (χ2n) is 6.41. The Kier molecular flexibility index (Phi) is 5.35. The van der Waals surface area contributed by atoms with Crippen molar-refractivity contribution in [3.63, 3.8) is 0 Å². The minimum atomic E-state index is -0.653. The van der Waals surface area contributed by atoms with E-state index in [2.05, 4.69) is 26.1 Å². The molecule has 0 saturated carbocycles. The van der Waals surface area contributed by atoms with Crippen molar-refractivity contribution in [1.82, 2.24) is 15.4 Å². The van der Waals surface area contributed by atoms with E-state index in [4.69, 9.17) is 0 Å². The molecule has 0 saturated heterocycles. The average Bonchev–Trinajstić information content (AvgIpc) is 2.78. The first-order chi connectivity index (χ1) is 15.0. The first kappa shape index (κ1) is 19.7. The number of carbonyl (C=O) groups excluding carboxylic acids is 1. The van der Waals surface area contributed by atoms with Crippen LogP contribution in [0.4, 0.5) is 27.4 Å². The van der Waals surface area contributed by atoms with Gasteiger partial charge in [-0.1, -0.05) is 36.4 Å². The molecule has 3 aromatic carbocycles. The number of amides is 1. The van der Waals surface area contributed by atoms with Gasteiger partial charge in [0.1, 0.15) is 12.1 Å². The summed E-state index contributed by atoms with van der Waals surface area (Å²) >= 11 is 0. The topological polar surface area (TPSA) is 122 Å². The van der Waals surface area contributed by atoms with Crippen molar-refractivity contribution >= 4 is 39.7 Å². The fourth-order valence-electron chi connectivity index (χ4n) is 2.99. The largest absolute Gasteiger partial charge is 0.355 e. The van der Waals surface area contributed by atoms with Crippen molar-refractivity contribution in [2.45, 2.75) is 0 Å². The second kappa shape index (κ2) is 8.41. The molecule has 0 bridgehead atoms. The van der Waals surface area contributed by atoms with Gasteiger partial charge in [-0.2, -0.15) is 0 Å². The minimum Gasteiger partial charge on any atom is -0.334 e. The molecule has 1 amide bonds. The van der Waals surface area contributed by atoms with Crippen LogP contribution in [0.25, 0.3) is 10.8 Å². The molecule has 4 aromatic rings. The zero-order valence-electron chi connectivity index (χ0n) is 15.9. The summed E-state index contributed by atoms with van der Waals surface area (Å²) in [6.45, 7) is 0. The maximum absolute atomic E-state index is 13.0. The predicted octanol–water partition coefficient (Wildman–Crippen LogP) is 4.18. The summed E-state index contributed by atoms with van der Waals surface area (Å²) < 4.78 is 13.0. The number of benzene rings is 3. The average molecular weight is 418 g/mol. The van der Waals surface area contributed by atoms with Crippen LogP contribution in [0.3, 0.4) is 0 Å². The summed E-state index contributed by atoms with van der Waals surface area (Å²) in [5, 5.41) is 16.5. The van der Waals surface area contributed by atoms with Crippen LogP contribution in [0, 0.1) is 15.9 Å². The molecule has 31 heavy (non-hydrogen) atoms. The molecule has 1 aromatic heterocycles. The third-order valence-corrected chi connectivity index (χ3v) is 4.45. The molecular weight excluding hydrogens is 403 g/mol. The number of anilines is 3. The monoisotopic (exact) mass is 418 g/mol. The van der Waals surface area contributed by atoms with E-state index in [1.165, 1.54) is 12.1 Å². The molecule has 0 unspecified atom stereocenters. The van der Waals surface area contributed by atoms with Crippen molar-refractivity contribution in [2.24, 2.45) is 0 Å². The standard InChI is InChI=1S/C21H15FN6O3/c22-15-10-8-14(9-11-15)21(29)27-26-20-18(28(30)31)19(23-12-24-20)25-17-7-3-5-13-4-1-2-6-16(13)17/h1-12H,(H,27,29)(H2,23,24,25,26). The molecule has 9 nitrogen and oxygen atoms in total. The highest BCUT2D eigenvalue weighted by Crippen LogP contribution is 2.33. The van der Waals surface area contributed by atoms with E-state index in [9.17, 15) is 19.3 Å². The SMILES string of the molecule is O=C(NNc1ncnc(Nc2cccc3ccccc23)c1[N+](=O)[O-])c1ccc(F)cc1. The highest BCUT2D eigenvalue weighted by molar-refractivity contribution is 5.97. The van der Waals surface area contributed by atoms with Gasteiger partial charge in [-0.05, 0) is 35.7 Å². The number of rotatable bonds is 6. The van der Waals surface area contributed by atoms with Gasteiger partial charge in [0.2, 0.25) is 11.6 Å². The van der Waals surface area contributed by atoms with Gasteiger partial charge in [-0.3, -0.25) is 25.8 Å². The molecule has 0 aliphatic rings. The van der Waals surface area contributed by atoms with Crippen LogP contribution in [0.5, 0.6) is 0 Å². The van der Waals surface area contributed by atoms with Crippen LogP contribution in [-0.2, 0) is 0 Å². The molecule has 0 spiro atoms. The van der Waals surface area contributed by atoms with Crippen LogP contribution < -0.4 is 16.2 Å². The molecule has 1 heterocycles. The first-order valence-corrected chi connectivity index (χ1v) is 9.09. The third-order valence-electron chi connectivity index (χ3n) is 4.45. The number of hydrogen-bond donors (Lipinski definition) is 3. The van der Waals surface area contributed by atoms with Crippen molar-refractivity contribution in [3.05, 3.63) is 94.6 Å². The van der Waals surface area contributed by atoms with Crippen LogP contribution in [0.15, 0.2) is 73.1 Å². The van der Waals surface area contributed by atoms with E-state index in [-0.39, 0.29) is 17.2 Å². The maximum Gasteiger partial charge on any atom is 0.355 e. The van der Waals surface area contributed by atoms with Gasteiger partial charge in [-0.25, -0.2) is 14.4 Å². The number of hydrogen-bond acceptors (Lipinski definition) is 7. The summed E-state index contributed by atoms with van der Waals surface area (Å²) in [5.41, 5.74) is 5.10. The molecule has 154 valence electrons. The molecule has 4 rings (SSSR count). The Morgan fingerprint density at radius 3 is 2.42 bits per heavy atom. The van der Waals surface area contributed by atoms with E-state index < -0.39 is 22.3 Å². The molecular formula is C21H15FN6O3. The van der Waals surface area contributed by atoms with E-state index in [0.29, 0.717) is 5.69 Å². The Bertz CT molecular complexity index is 1270. The Morgan fingerprint density at radius 1 is 0.935 bits per heavy atom. The van der Waals surface area contributed by atoms with Crippen LogP contribution >= 0.6 is 0 Å². The molecule has 3 N–H and O–H groups in total. The van der Waals surface area contributed by atoms with Gasteiger partial charge in [-0.15, -0.1) is 0 Å². The van der Waals surface area contributed by atoms with Gasteiger partial charge in [0, 0.05) is 16.6 Å². The fourth-order valence-corrected chi connectivity index (χ4v) is 2.99. The molecule has 0 atom stereocenters. The van der Waals surface area contributed by atoms with Crippen LogP contribution in [0.2, 0.25) is 0 Å². The normalized spacial score (nSPS) is 10.5. The van der Waals surface area contributed by atoms with E-state index in [1.54, 1.807) is 6.07 Å². The lowest BCUT2D eigenvalue weighted by Crippen LogP contribution is -2.30. The van der Waals surface area contributed by atoms with Gasteiger partial charge < -0.3 is 5.32 Å². The number of carbonyl (C=O) groups is 1. The molecule has 0 fully saturated rings. The Hall–Kier alpha value is -4.60. The fraction of sp³-hybridized carbons (Fsp3) is 0. The van der Waals surface area contributed by atoms with E-state index in [0.717, 1.165) is 29.2 Å². The smallest absolute Gasteiger partial charge is 0.334 e. The molecule has 10 heteroatoms. The lowest BCUT2D eigenvalue weighted by molar-refractivity contribution is -0.383. The zero-order valence-corrected chi connectivity index (χ0v) is 15.9. The van der Waals surface area contributed by atoms with Gasteiger partial charge in [0.25, 0.3) is 5.91 Å². The van der Waals surface area contributed by atoms with Crippen molar-refractivity contribution in [3.8, 4) is 0 Å². The van der Waals surface area contributed by atoms with Crippen LogP contribution in [0.1, 0.15) is 10.4 Å². The molecule has 0 aliphatic heterocycles. The number of aromatic nitrogens is 2. The van der Waals surface area contributed by atoms with Crippen LogP contribution in [-0.4, -0.2) is 20.8 Å². The summed E-state index contributed by atoms with van der Waals surface area (Å²) in [6.07, 6.45) is 1.13. The quantitative estimate of drug-likeness (QED) is 0.317. The number of nitro groups is 1. The predicted molar refractivity (Wildman–Crippen MR) is 113 cm³/mol. The Labute approximate surface area is 175 Å². The number of hydrazine groups is 1. The number of fused-ring (bicyclic) bond motifs is 1.